The van der Waals surface area contributed by atoms with Crippen LogP contribution >= 0.6 is 12.2 Å². The van der Waals surface area contributed by atoms with Crippen LogP contribution in [0, 0.1) is 5.92 Å². The molecule has 0 aromatic carbocycles. The third-order valence-electron chi connectivity index (χ3n) is 3.07. The number of rotatable bonds is 2. The maximum atomic E-state index is 5.70. The van der Waals surface area contributed by atoms with Crippen LogP contribution in [-0.2, 0) is 12.8 Å². The monoisotopic (exact) mass is 223 g/mol. The van der Waals surface area contributed by atoms with Gasteiger partial charge in [-0.25, -0.2) is 0 Å². The molecule has 3 nitrogen and oxygen atoms in total. The van der Waals surface area contributed by atoms with Crippen LogP contribution in [0.1, 0.15) is 37.6 Å². The van der Waals surface area contributed by atoms with Gasteiger partial charge in [0.05, 0.1) is 11.2 Å². The predicted molar refractivity (Wildman–Crippen MR) is 64.9 cm³/mol. The third-order valence-corrected chi connectivity index (χ3v) is 3.41. The molecule has 15 heavy (non-hydrogen) atoms. The van der Waals surface area contributed by atoms with Gasteiger partial charge >= 0.3 is 0 Å². The van der Waals surface area contributed by atoms with Crippen molar-refractivity contribution < 1.29 is 0 Å². The predicted octanol–water partition coefficient (Wildman–Crippen LogP) is 1.85. The highest BCUT2D eigenvalue weighted by Gasteiger charge is 2.24. The van der Waals surface area contributed by atoms with Gasteiger partial charge < -0.3 is 5.73 Å². The minimum Gasteiger partial charge on any atom is -0.393 e. The maximum Gasteiger partial charge on any atom is 0.0762 e. The van der Waals surface area contributed by atoms with E-state index in [9.17, 15) is 0 Å². The third kappa shape index (κ3) is 1.91. The number of nitrogens with two attached hydrogens (primary N) is 1. The van der Waals surface area contributed by atoms with E-state index in [1.807, 2.05) is 6.20 Å². The molecule has 0 radical (unpaired) electrons. The SMILES string of the molecule is CC(C)n1ncc2c1CC[C@@H](C(N)=S)C2. The van der Waals surface area contributed by atoms with E-state index in [1.165, 1.54) is 11.3 Å². The second-order valence-corrected chi connectivity index (χ2v) is 4.97. The smallest absolute Gasteiger partial charge is 0.0762 e. The molecule has 4 heteroatoms. The molecule has 0 saturated heterocycles. The summed E-state index contributed by atoms with van der Waals surface area (Å²) in [5.74, 6) is 0.373. The summed E-state index contributed by atoms with van der Waals surface area (Å²) in [6.07, 6.45) is 5.06. The Morgan fingerprint density at radius 1 is 1.67 bits per heavy atom. The first-order chi connectivity index (χ1) is 7.09. The van der Waals surface area contributed by atoms with E-state index in [0.717, 1.165) is 19.3 Å². The van der Waals surface area contributed by atoms with Gasteiger partial charge in [-0.15, -0.1) is 0 Å². The molecule has 0 aliphatic heterocycles. The van der Waals surface area contributed by atoms with Crippen LogP contribution in [0.15, 0.2) is 6.20 Å². The van der Waals surface area contributed by atoms with Crippen molar-refractivity contribution in [2.24, 2.45) is 11.7 Å². The second-order valence-electron chi connectivity index (χ2n) is 4.50. The fourth-order valence-corrected chi connectivity index (χ4v) is 2.44. The van der Waals surface area contributed by atoms with Crippen LogP contribution in [0.4, 0.5) is 0 Å². The van der Waals surface area contributed by atoms with E-state index in [1.54, 1.807) is 0 Å². The van der Waals surface area contributed by atoms with E-state index in [-0.39, 0.29) is 0 Å². The van der Waals surface area contributed by atoms with Gasteiger partial charge in [0.2, 0.25) is 0 Å². The van der Waals surface area contributed by atoms with Crippen LogP contribution in [-0.4, -0.2) is 14.8 Å². The lowest BCUT2D eigenvalue weighted by Crippen LogP contribution is -2.27. The average Bonchev–Trinajstić information content (AvgIpc) is 2.59. The first-order valence-corrected chi connectivity index (χ1v) is 5.85. The Morgan fingerprint density at radius 2 is 2.40 bits per heavy atom. The zero-order valence-corrected chi connectivity index (χ0v) is 10.0. The van der Waals surface area contributed by atoms with Crippen LogP contribution in [0.5, 0.6) is 0 Å². The van der Waals surface area contributed by atoms with Gasteiger partial charge in [-0.05, 0) is 38.7 Å². The normalized spacial score (nSPS) is 20.3. The molecule has 1 aliphatic carbocycles. The van der Waals surface area contributed by atoms with Gasteiger partial charge in [-0.1, -0.05) is 12.2 Å². The van der Waals surface area contributed by atoms with Gasteiger partial charge in [-0.3, -0.25) is 4.68 Å². The Labute approximate surface area is 95.7 Å². The lowest BCUT2D eigenvalue weighted by molar-refractivity contribution is 0.481. The molecular weight excluding hydrogens is 206 g/mol. The molecule has 0 fully saturated rings. The molecule has 2 rings (SSSR count). The molecule has 0 amide bonds. The Balaban J connectivity index is 2.26. The fraction of sp³-hybridized carbons (Fsp3) is 0.636. The van der Waals surface area contributed by atoms with Gasteiger partial charge in [-0.2, -0.15) is 5.10 Å². The lowest BCUT2D eigenvalue weighted by Gasteiger charge is -2.22. The highest BCUT2D eigenvalue weighted by atomic mass is 32.1. The van der Waals surface area contributed by atoms with E-state index >= 15 is 0 Å². The quantitative estimate of drug-likeness (QED) is 0.778. The molecule has 2 N–H and O–H groups in total. The van der Waals surface area contributed by atoms with Crippen LogP contribution in [0.25, 0.3) is 0 Å². The molecule has 0 spiro atoms. The highest BCUT2D eigenvalue weighted by molar-refractivity contribution is 7.80. The van der Waals surface area contributed by atoms with Gasteiger partial charge in [0.15, 0.2) is 0 Å². The fourth-order valence-electron chi connectivity index (χ4n) is 2.24. The lowest BCUT2D eigenvalue weighted by atomic mass is 9.87. The highest BCUT2D eigenvalue weighted by Crippen LogP contribution is 2.27. The number of fused-ring (bicyclic) bond motifs is 1. The molecule has 1 aliphatic rings. The van der Waals surface area contributed by atoms with Crippen molar-refractivity contribution in [3.05, 3.63) is 17.5 Å². The number of aromatic nitrogens is 2. The van der Waals surface area contributed by atoms with Crippen LogP contribution < -0.4 is 5.73 Å². The van der Waals surface area contributed by atoms with Crippen molar-refractivity contribution >= 4 is 17.2 Å². The summed E-state index contributed by atoms with van der Waals surface area (Å²) in [6, 6.07) is 0.440. The minimum atomic E-state index is 0.373. The summed E-state index contributed by atoms with van der Waals surface area (Å²) in [4.78, 5) is 0.651. The van der Waals surface area contributed by atoms with Crippen molar-refractivity contribution in [3.8, 4) is 0 Å². The molecule has 1 aromatic heterocycles. The second kappa shape index (κ2) is 3.93. The average molecular weight is 223 g/mol. The largest absolute Gasteiger partial charge is 0.393 e. The first-order valence-electron chi connectivity index (χ1n) is 5.44. The van der Waals surface area contributed by atoms with E-state index in [4.69, 9.17) is 18.0 Å². The van der Waals surface area contributed by atoms with Crippen molar-refractivity contribution in [1.82, 2.24) is 9.78 Å². The van der Waals surface area contributed by atoms with Crippen LogP contribution in [0.3, 0.4) is 0 Å². The summed E-state index contributed by atoms with van der Waals surface area (Å²) in [7, 11) is 0. The van der Waals surface area contributed by atoms with Gasteiger partial charge in [0, 0.05) is 17.7 Å². The first kappa shape index (κ1) is 10.6. The summed E-state index contributed by atoms with van der Waals surface area (Å²) in [6.45, 7) is 4.32. The Morgan fingerprint density at radius 3 is 3.00 bits per heavy atom. The van der Waals surface area contributed by atoms with Crippen molar-refractivity contribution in [3.63, 3.8) is 0 Å². The zero-order valence-electron chi connectivity index (χ0n) is 9.23. The Bertz CT molecular complexity index is 381. The summed E-state index contributed by atoms with van der Waals surface area (Å²) in [5, 5.41) is 4.42. The summed E-state index contributed by atoms with van der Waals surface area (Å²) < 4.78 is 2.12. The molecule has 0 saturated carbocycles. The van der Waals surface area contributed by atoms with Crippen LogP contribution in [0.2, 0.25) is 0 Å². The van der Waals surface area contributed by atoms with Gasteiger partial charge in [0.25, 0.3) is 0 Å². The van der Waals surface area contributed by atoms with E-state index < -0.39 is 0 Å². The minimum absolute atomic E-state index is 0.373. The molecule has 0 bridgehead atoms. The molecule has 1 aromatic rings. The summed E-state index contributed by atoms with van der Waals surface area (Å²) >= 11 is 5.05. The Kier molecular flexibility index (Phi) is 2.78. The number of thiocarbonyl (C=S) groups is 1. The molecule has 0 unspecified atom stereocenters. The van der Waals surface area contributed by atoms with E-state index in [2.05, 4.69) is 23.6 Å². The molecule has 1 heterocycles. The molecule has 1 atom stereocenters. The standard InChI is InChI=1S/C11H17N3S/c1-7(2)14-10-4-3-8(11(12)15)5-9(10)6-13-14/h6-8H,3-5H2,1-2H3,(H2,12,15)/t8-/m1/s1. The number of hydrogen-bond acceptors (Lipinski definition) is 2. The number of hydrogen-bond donors (Lipinski definition) is 1. The van der Waals surface area contributed by atoms with E-state index in [0.29, 0.717) is 16.9 Å². The number of nitrogens with zero attached hydrogens (tertiary/aromatic N) is 2. The van der Waals surface area contributed by atoms with Gasteiger partial charge in [0.1, 0.15) is 0 Å². The van der Waals surface area contributed by atoms with Crippen molar-refractivity contribution in [2.75, 3.05) is 0 Å². The molecular formula is C11H17N3S. The zero-order chi connectivity index (χ0) is 11.0. The topological polar surface area (TPSA) is 43.8 Å². The maximum absolute atomic E-state index is 5.70. The van der Waals surface area contributed by atoms with Crippen molar-refractivity contribution in [1.29, 1.82) is 0 Å². The Hall–Kier alpha value is -0.900. The van der Waals surface area contributed by atoms with Crippen molar-refractivity contribution in [2.45, 2.75) is 39.2 Å². The molecule has 82 valence electrons. The summed E-state index contributed by atoms with van der Waals surface area (Å²) in [5.41, 5.74) is 8.39.